The van der Waals surface area contributed by atoms with Gasteiger partial charge in [0.25, 0.3) is 5.69 Å². The Morgan fingerprint density at radius 2 is 2.33 bits per heavy atom. The Bertz CT molecular complexity index is 391. The van der Waals surface area contributed by atoms with Crippen molar-refractivity contribution in [2.24, 2.45) is 0 Å². The van der Waals surface area contributed by atoms with Crippen LogP contribution in [0.2, 0.25) is 0 Å². The van der Waals surface area contributed by atoms with E-state index in [2.05, 4.69) is 10.9 Å². The van der Waals surface area contributed by atoms with Crippen molar-refractivity contribution in [3.63, 3.8) is 0 Å². The summed E-state index contributed by atoms with van der Waals surface area (Å²) in [6.45, 7) is 0.499. The number of non-ortho nitro benzene ring substituents is 1. The first-order valence-electron chi connectivity index (χ1n) is 4.56. The monoisotopic (exact) mass is 211 g/mol. The van der Waals surface area contributed by atoms with Crippen LogP contribution in [0.15, 0.2) is 24.3 Å². The summed E-state index contributed by atoms with van der Waals surface area (Å²) >= 11 is 0. The normalized spacial score (nSPS) is 25.4. The van der Waals surface area contributed by atoms with E-state index in [1.165, 1.54) is 24.3 Å². The Kier molecular flexibility index (Phi) is 2.37. The molecule has 0 amide bonds. The van der Waals surface area contributed by atoms with E-state index in [0.29, 0.717) is 6.54 Å². The smallest absolute Gasteiger partial charge is 0.258 e. The van der Waals surface area contributed by atoms with E-state index < -0.39 is 10.7 Å². The van der Waals surface area contributed by atoms with E-state index in [0.717, 1.165) is 0 Å². The maximum atomic E-state index is 14.1. The molecule has 0 bridgehead atoms. The molecule has 15 heavy (non-hydrogen) atoms. The van der Waals surface area contributed by atoms with Gasteiger partial charge >= 0.3 is 0 Å². The minimum Gasteiger partial charge on any atom is -0.258 e. The Balaban J connectivity index is 2.36. The van der Waals surface area contributed by atoms with Crippen molar-refractivity contribution in [3.8, 4) is 0 Å². The quantitative estimate of drug-likeness (QED) is 0.438. The maximum absolute atomic E-state index is 14.1. The lowest BCUT2D eigenvalue weighted by atomic mass is 10.0. The van der Waals surface area contributed by atoms with Crippen LogP contribution in [0.3, 0.4) is 0 Å². The Morgan fingerprint density at radius 1 is 1.53 bits per heavy atom. The predicted molar refractivity (Wildman–Crippen MR) is 51.6 cm³/mol. The van der Waals surface area contributed by atoms with Gasteiger partial charge in [-0.25, -0.2) is 9.82 Å². The summed E-state index contributed by atoms with van der Waals surface area (Å²) < 4.78 is 14.1. The van der Waals surface area contributed by atoms with Crippen LogP contribution in [0, 0.1) is 10.1 Å². The molecule has 0 spiro atoms. The number of halogens is 1. The zero-order chi connectivity index (χ0) is 10.9. The second-order valence-corrected chi connectivity index (χ2v) is 3.41. The second kappa shape index (κ2) is 3.56. The molecule has 2 rings (SSSR count). The SMILES string of the molecule is O=[N+]([O-])c1cccc(C2(F)CCNN2)c1. The molecule has 1 atom stereocenters. The van der Waals surface area contributed by atoms with Crippen LogP contribution in [0.5, 0.6) is 0 Å². The van der Waals surface area contributed by atoms with E-state index in [1.807, 2.05) is 0 Å². The molecule has 2 N–H and O–H groups in total. The van der Waals surface area contributed by atoms with Crippen molar-refractivity contribution in [1.29, 1.82) is 0 Å². The summed E-state index contributed by atoms with van der Waals surface area (Å²) in [5.74, 6) is -1.70. The summed E-state index contributed by atoms with van der Waals surface area (Å²) in [6.07, 6.45) is 0.258. The van der Waals surface area contributed by atoms with Gasteiger partial charge in [0.15, 0.2) is 0 Å². The summed E-state index contributed by atoms with van der Waals surface area (Å²) in [7, 11) is 0. The van der Waals surface area contributed by atoms with Gasteiger partial charge in [-0.05, 0) is 0 Å². The standard InChI is InChI=1S/C9H10FN3O2/c10-9(4-5-11-12-9)7-2-1-3-8(6-7)13(14)15/h1-3,6,11-12H,4-5H2. The second-order valence-electron chi connectivity index (χ2n) is 3.41. The minimum atomic E-state index is -1.70. The van der Waals surface area contributed by atoms with Crippen molar-refractivity contribution < 1.29 is 9.31 Å². The van der Waals surface area contributed by atoms with Crippen LogP contribution >= 0.6 is 0 Å². The third kappa shape index (κ3) is 1.81. The first-order valence-corrected chi connectivity index (χ1v) is 4.56. The molecular weight excluding hydrogens is 201 g/mol. The van der Waals surface area contributed by atoms with Gasteiger partial charge in [-0.3, -0.25) is 15.5 Å². The molecule has 0 aromatic heterocycles. The largest absolute Gasteiger partial charge is 0.269 e. The highest BCUT2D eigenvalue weighted by Gasteiger charge is 2.36. The van der Waals surface area contributed by atoms with Gasteiger partial charge in [0.05, 0.1) is 4.92 Å². The van der Waals surface area contributed by atoms with Crippen LogP contribution in [-0.2, 0) is 5.79 Å². The number of nitrogens with one attached hydrogen (secondary N) is 2. The van der Waals surface area contributed by atoms with E-state index in [9.17, 15) is 14.5 Å². The maximum Gasteiger partial charge on any atom is 0.269 e. The number of rotatable bonds is 2. The number of nitro benzene ring substituents is 1. The number of alkyl halides is 1. The minimum absolute atomic E-state index is 0.0989. The lowest BCUT2D eigenvalue weighted by Gasteiger charge is -2.18. The molecular formula is C9H10FN3O2. The molecule has 1 aromatic rings. The summed E-state index contributed by atoms with van der Waals surface area (Å²) in [5, 5.41) is 10.5. The van der Waals surface area contributed by atoms with Gasteiger partial charge in [0, 0.05) is 30.7 Å². The van der Waals surface area contributed by atoms with Gasteiger partial charge in [0.1, 0.15) is 0 Å². The van der Waals surface area contributed by atoms with E-state index in [4.69, 9.17) is 0 Å². The average molecular weight is 211 g/mol. The zero-order valence-corrected chi connectivity index (χ0v) is 7.87. The fourth-order valence-electron chi connectivity index (χ4n) is 1.58. The Morgan fingerprint density at radius 3 is 2.93 bits per heavy atom. The molecule has 0 radical (unpaired) electrons. The molecule has 1 unspecified atom stereocenters. The van der Waals surface area contributed by atoms with Gasteiger partial charge in [0.2, 0.25) is 5.79 Å². The molecule has 1 aliphatic heterocycles. The molecule has 1 fully saturated rings. The highest BCUT2D eigenvalue weighted by atomic mass is 19.1. The number of nitrogens with zero attached hydrogens (tertiary/aromatic N) is 1. The van der Waals surface area contributed by atoms with Gasteiger partial charge in [-0.15, -0.1) is 0 Å². The first kappa shape index (κ1) is 10.0. The molecule has 1 saturated heterocycles. The highest BCUT2D eigenvalue weighted by Crippen LogP contribution is 2.30. The van der Waals surface area contributed by atoms with Crippen LogP contribution in [0.1, 0.15) is 12.0 Å². The van der Waals surface area contributed by atoms with Crippen molar-refractivity contribution in [2.45, 2.75) is 12.2 Å². The van der Waals surface area contributed by atoms with Crippen molar-refractivity contribution >= 4 is 5.69 Å². The fourth-order valence-corrected chi connectivity index (χ4v) is 1.58. The van der Waals surface area contributed by atoms with Gasteiger partial charge < -0.3 is 0 Å². The topological polar surface area (TPSA) is 67.2 Å². The summed E-state index contributed by atoms with van der Waals surface area (Å²) in [5.41, 5.74) is 5.32. The van der Waals surface area contributed by atoms with E-state index in [1.54, 1.807) is 0 Å². The fraction of sp³-hybridized carbons (Fsp3) is 0.333. The van der Waals surface area contributed by atoms with Crippen LogP contribution < -0.4 is 10.9 Å². The highest BCUT2D eigenvalue weighted by molar-refractivity contribution is 5.37. The third-order valence-electron chi connectivity index (χ3n) is 2.40. The average Bonchev–Trinajstić information content (AvgIpc) is 2.67. The van der Waals surface area contributed by atoms with Crippen molar-refractivity contribution in [1.82, 2.24) is 10.9 Å². The number of hydrazine groups is 1. The zero-order valence-electron chi connectivity index (χ0n) is 7.87. The molecule has 5 nitrogen and oxygen atoms in total. The number of hydrogen-bond donors (Lipinski definition) is 2. The van der Waals surface area contributed by atoms with Crippen LogP contribution in [0.25, 0.3) is 0 Å². The van der Waals surface area contributed by atoms with Crippen LogP contribution in [-0.4, -0.2) is 11.5 Å². The molecule has 1 heterocycles. The molecule has 1 aliphatic rings. The Labute approximate surface area is 85.4 Å². The third-order valence-corrected chi connectivity index (χ3v) is 2.40. The van der Waals surface area contributed by atoms with E-state index >= 15 is 0 Å². The summed E-state index contributed by atoms with van der Waals surface area (Å²) in [6, 6.07) is 5.61. The molecule has 6 heteroatoms. The lowest BCUT2D eigenvalue weighted by molar-refractivity contribution is -0.385. The van der Waals surface area contributed by atoms with E-state index in [-0.39, 0.29) is 17.7 Å². The number of hydrogen-bond acceptors (Lipinski definition) is 4. The molecule has 0 saturated carbocycles. The molecule has 0 aliphatic carbocycles. The predicted octanol–water partition coefficient (Wildman–Crippen LogP) is 1.21. The Hall–Kier alpha value is -1.53. The number of benzene rings is 1. The van der Waals surface area contributed by atoms with Gasteiger partial charge in [-0.1, -0.05) is 12.1 Å². The van der Waals surface area contributed by atoms with Gasteiger partial charge in [-0.2, -0.15) is 0 Å². The molecule has 1 aromatic carbocycles. The van der Waals surface area contributed by atoms with Crippen molar-refractivity contribution in [3.05, 3.63) is 39.9 Å². The van der Waals surface area contributed by atoms with Crippen molar-refractivity contribution in [2.75, 3.05) is 6.54 Å². The summed E-state index contributed by atoms with van der Waals surface area (Å²) in [4.78, 5) is 9.99. The molecule has 80 valence electrons. The number of nitro groups is 1. The lowest BCUT2D eigenvalue weighted by Crippen LogP contribution is -2.37. The first-order chi connectivity index (χ1) is 7.12. The van der Waals surface area contributed by atoms with Crippen LogP contribution in [0.4, 0.5) is 10.1 Å².